The van der Waals surface area contributed by atoms with Crippen molar-refractivity contribution in [1.82, 2.24) is 10.2 Å². The standard InChI is InChI=1S/C15H30N2/c1-12-6-4-5-7-15(12)17(3)11-14-8-9-16-13(2)10-14/h12-16H,4-11H2,1-3H3. The van der Waals surface area contributed by atoms with Crippen molar-refractivity contribution in [3.63, 3.8) is 0 Å². The van der Waals surface area contributed by atoms with Gasteiger partial charge in [-0.1, -0.05) is 19.8 Å². The summed E-state index contributed by atoms with van der Waals surface area (Å²) >= 11 is 0. The van der Waals surface area contributed by atoms with E-state index in [1.54, 1.807) is 0 Å². The van der Waals surface area contributed by atoms with Gasteiger partial charge in [-0.15, -0.1) is 0 Å². The summed E-state index contributed by atoms with van der Waals surface area (Å²) in [5.74, 6) is 1.83. The maximum atomic E-state index is 3.55. The van der Waals surface area contributed by atoms with Gasteiger partial charge in [-0.3, -0.25) is 0 Å². The molecule has 100 valence electrons. The van der Waals surface area contributed by atoms with Crippen LogP contribution in [-0.2, 0) is 0 Å². The van der Waals surface area contributed by atoms with Crippen molar-refractivity contribution in [2.24, 2.45) is 11.8 Å². The van der Waals surface area contributed by atoms with Crippen LogP contribution in [0.15, 0.2) is 0 Å². The first-order chi connectivity index (χ1) is 8.16. The highest BCUT2D eigenvalue weighted by Gasteiger charge is 2.27. The highest BCUT2D eigenvalue weighted by Crippen LogP contribution is 2.28. The highest BCUT2D eigenvalue weighted by atomic mass is 15.1. The van der Waals surface area contributed by atoms with E-state index in [0.717, 1.165) is 23.9 Å². The van der Waals surface area contributed by atoms with Crippen molar-refractivity contribution in [1.29, 1.82) is 0 Å². The SMILES string of the molecule is CC1CC(CN(C)C2CCCCC2C)CCN1. The Balaban J connectivity index is 1.80. The lowest BCUT2D eigenvalue weighted by atomic mass is 9.84. The fraction of sp³-hybridized carbons (Fsp3) is 1.00. The van der Waals surface area contributed by atoms with Crippen LogP contribution in [0.25, 0.3) is 0 Å². The van der Waals surface area contributed by atoms with Gasteiger partial charge in [0.15, 0.2) is 0 Å². The van der Waals surface area contributed by atoms with E-state index in [4.69, 9.17) is 0 Å². The van der Waals surface area contributed by atoms with Gasteiger partial charge in [0.05, 0.1) is 0 Å². The topological polar surface area (TPSA) is 15.3 Å². The van der Waals surface area contributed by atoms with Gasteiger partial charge in [-0.05, 0) is 58.0 Å². The molecule has 2 rings (SSSR count). The van der Waals surface area contributed by atoms with E-state index in [0.29, 0.717) is 0 Å². The summed E-state index contributed by atoms with van der Waals surface area (Å²) in [5, 5.41) is 3.55. The minimum atomic E-state index is 0.728. The van der Waals surface area contributed by atoms with E-state index in [1.807, 2.05) is 0 Å². The average Bonchev–Trinajstić information content (AvgIpc) is 2.29. The Labute approximate surface area is 107 Å². The average molecular weight is 238 g/mol. The maximum absolute atomic E-state index is 3.55. The molecule has 4 atom stereocenters. The van der Waals surface area contributed by atoms with Gasteiger partial charge in [0.1, 0.15) is 0 Å². The first-order valence-electron chi connectivity index (χ1n) is 7.60. The van der Waals surface area contributed by atoms with E-state index in [1.165, 1.54) is 51.6 Å². The van der Waals surface area contributed by atoms with Crippen LogP contribution in [0, 0.1) is 11.8 Å². The van der Waals surface area contributed by atoms with Gasteiger partial charge in [0.2, 0.25) is 0 Å². The van der Waals surface area contributed by atoms with Crippen molar-refractivity contribution in [2.45, 2.75) is 64.5 Å². The summed E-state index contributed by atoms with van der Waals surface area (Å²) in [6.45, 7) is 7.32. The zero-order chi connectivity index (χ0) is 12.3. The molecule has 2 fully saturated rings. The summed E-state index contributed by atoms with van der Waals surface area (Å²) in [4.78, 5) is 2.67. The lowest BCUT2D eigenvalue weighted by Crippen LogP contribution is -2.45. The lowest BCUT2D eigenvalue weighted by molar-refractivity contribution is 0.109. The lowest BCUT2D eigenvalue weighted by Gasteiger charge is -2.39. The third-order valence-corrected chi connectivity index (χ3v) is 4.91. The molecule has 1 saturated heterocycles. The monoisotopic (exact) mass is 238 g/mol. The minimum Gasteiger partial charge on any atom is -0.314 e. The molecule has 2 aliphatic rings. The zero-order valence-corrected chi connectivity index (χ0v) is 11.9. The number of nitrogens with one attached hydrogen (secondary N) is 1. The van der Waals surface area contributed by atoms with Gasteiger partial charge in [-0.2, -0.15) is 0 Å². The molecule has 1 heterocycles. The molecule has 1 aliphatic carbocycles. The van der Waals surface area contributed by atoms with Crippen molar-refractivity contribution >= 4 is 0 Å². The quantitative estimate of drug-likeness (QED) is 0.813. The maximum Gasteiger partial charge on any atom is 0.0118 e. The minimum absolute atomic E-state index is 0.728. The van der Waals surface area contributed by atoms with Crippen LogP contribution in [0.4, 0.5) is 0 Å². The molecule has 0 aromatic heterocycles. The molecule has 1 aliphatic heterocycles. The van der Waals surface area contributed by atoms with E-state index in [9.17, 15) is 0 Å². The number of hydrogen-bond acceptors (Lipinski definition) is 2. The van der Waals surface area contributed by atoms with Gasteiger partial charge in [0.25, 0.3) is 0 Å². The summed E-state index contributed by atoms with van der Waals surface area (Å²) in [6.07, 6.45) is 8.51. The Hall–Kier alpha value is -0.0800. The predicted octanol–water partition coefficient (Wildman–Crippen LogP) is 2.89. The Morgan fingerprint density at radius 3 is 2.59 bits per heavy atom. The van der Waals surface area contributed by atoms with Crippen molar-refractivity contribution in [2.75, 3.05) is 20.1 Å². The first kappa shape index (κ1) is 13.4. The second-order valence-corrected chi connectivity index (χ2v) is 6.51. The van der Waals surface area contributed by atoms with Gasteiger partial charge in [-0.25, -0.2) is 0 Å². The molecule has 0 amide bonds. The Kier molecular flexibility index (Phi) is 4.87. The molecular weight excluding hydrogens is 208 g/mol. The molecule has 0 bridgehead atoms. The number of hydrogen-bond donors (Lipinski definition) is 1. The largest absolute Gasteiger partial charge is 0.314 e. The summed E-state index contributed by atoms with van der Waals surface area (Å²) < 4.78 is 0. The molecule has 17 heavy (non-hydrogen) atoms. The molecular formula is C15H30N2. The molecule has 0 spiro atoms. The van der Waals surface area contributed by atoms with Gasteiger partial charge < -0.3 is 10.2 Å². The Morgan fingerprint density at radius 2 is 1.88 bits per heavy atom. The number of piperidine rings is 1. The van der Waals surface area contributed by atoms with Crippen molar-refractivity contribution in [3.05, 3.63) is 0 Å². The van der Waals surface area contributed by atoms with Crippen LogP contribution in [-0.4, -0.2) is 37.1 Å². The smallest absolute Gasteiger partial charge is 0.0118 e. The molecule has 2 nitrogen and oxygen atoms in total. The van der Waals surface area contributed by atoms with Crippen LogP contribution >= 0.6 is 0 Å². The number of rotatable bonds is 3. The highest BCUT2D eigenvalue weighted by molar-refractivity contribution is 4.83. The second kappa shape index (κ2) is 6.19. The van der Waals surface area contributed by atoms with E-state index < -0.39 is 0 Å². The molecule has 4 unspecified atom stereocenters. The third-order valence-electron chi connectivity index (χ3n) is 4.91. The van der Waals surface area contributed by atoms with Gasteiger partial charge >= 0.3 is 0 Å². The summed E-state index contributed by atoms with van der Waals surface area (Å²) in [5.41, 5.74) is 0. The van der Waals surface area contributed by atoms with E-state index in [2.05, 4.69) is 31.1 Å². The first-order valence-corrected chi connectivity index (χ1v) is 7.60. The normalized spacial score (nSPS) is 39.5. The Bertz CT molecular complexity index is 229. The molecule has 0 radical (unpaired) electrons. The molecule has 1 saturated carbocycles. The molecule has 0 aromatic rings. The van der Waals surface area contributed by atoms with Crippen LogP contribution in [0.5, 0.6) is 0 Å². The Morgan fingerprint density at radius 1 is 1.12 bits per heavy atom. The summed E-state index contributed by atoms with van der Waals surface area (Å²) in [6, 6.07) is 1.58. The van der Waals surface area contributed by atoms with E-state index >= 15 is 0 Å². The molecule has 0 aromatic carbocycles. The second-order valence-electron chi connectivity index (χ2n) is 6.51. The van der Waals surface area contributed by atoms with Crippen molar-refractivity contribution < 1.29 is 0 Å². The number of nitrogens with zero attached hydrogens (tertiary/aromatic N) is 1. The molecule has 2 heteroatoms. The zero-order valence-electron chi connectivity index (χ0n) is 11.9. The fourth-order valence-corrected chi connectivity index (χ4v) is 3.90. The van der Waals surface area contributed by atoms with Crippen LogP contribution < -0.4 is 5.32 Å². The van der Waals surface area contributed by atoms with E-state index in [-0.39, 0.29) is 0 Å². The van der Waals surface area contributed by atoms with Crippen LogP contribution in [0.2, 0.25) is 0 Å². The molecule has 1 N–H and O–H groups in total. The summed E-state index contributed by atoms with van der Waals surface area (Å²) in [7, 11) is 2.36. The van der Waals surface area contributed by atoms with Crippen molar-refractivity contribution in [3.8, 4) is 0 Å². The predicted molar refractivity (Wildman–Crippen MR) is 74.2 cm³/mol. The fourth-order valence-electron chi connectivity index (χ4n) is 3.90. The third kappa shape index (κ3) is 3.69. The van der Waals surface area contributed by atoms with Crippen LogP contribution in [0.1, 0.15) is 52.4 Å². The van der Waals surface area contributed by atoms with Gasteiger partial charge in [0, 0.05) is 18.6 Å². The van der Waals surface area contributed by atoms with Crippen LogP contribution in [0.3, 0.4) is 0 Å².